The molecular weight excluding hydrogens is 238 g/mol. The molecule has 2 atom stereocenters. The van der Waals surface area contributed by atoms with Gasteiger partial charge in [0.05, 0.1) is 0 Å². The Balaban J connectivity index is 1.96. The van der Waals surface area contributed by atoms with Crippen LogP contribution < -0.4 is 5.32 Å². The lowest BCUT2D eigenvalue weighted by Crippen LogP contribution is -2.32. The van der Waals surface area contributed by atoms with Crippen molar-refractivity contribution in [2.24, 2.45) is 11.8 Å². The number of nitrogens with one attached hydrogen (secondary N) is 1. The average molecular weight is 261 g/mol. The zero-order valence-corrected chi connectivity index (χ0v) is 11.8. The number of hydrogen-bond donors (Lipinski definition) is 2. The molecule has 1 aromatic rings. The molecule has 1 amide bonds. The highest BCUT2D eigenvalue weighted by Gasteiger charge is 2.26. The smallest absolute Gasteiger partial charge is 0.251 e. The molecule has 1 saturated carbocycles. The highest BCUT2D eigenvalue weighted by atomic mass is 16.3. The zero-order valence-electron chi connectivity index (χ0n) is 11.8. The molecule has 0 bridgehead atoms. The van der Waals surface area contributed by atoms with Gasteiger partial charge >= 0.3 is 0 Å². The first-order valence-corrected chi connectivity index (χ1v) is 7.08. The van der Waals surface area contributed by atoms with E-state index in [4.69, 9.17) is 0 Å². The van der Waals surface area contributed by atoms with Crippen LogP contribution in [0.1, 0.15) is 40.7 Å². The summed E-state index contributed by atoms with van der Waals surface area (Å²) in [6.45, 7) is 4.92. The second kappa shape index (κ2) is 6.20. The Hall–Kier alpha value is -1.35. The van der Waals surface area contributed by atoms with E-state index in [-0.39, 0.29) is 12.5 Å². The number of amides is 1. The lowest BCUT2D eigenvalue weighted by Gasteiger charge is -2.18. The quantitative estimate of drug-likeness (QED) is 0.874. The molecule has 0 spiro atoms. The van der Waals surface area contributed by atoms with Crippen molar-refractivity contribution >= 4 is 5.91 Å². The summed E-state index contributed by atoms with van der Waals surface area (Å²) in [4.78, 5) is 12.2. The van der Waals surface area contributed by atoms with Crippen molar-refractivity contribution in [3.8, 4) is 0 Å². The first-order valence-electron chi connectivity index (χ1n) is 7.08. The molecule has 19 heavy (non-hydrogen) atoms. The minimum absolute atomic E-state index is 0.00443. The van der Waals surface area contributed by atoms with Gasteiger partial charge in [-0.25, -0.2) is 0 Å². The third-order valence-electron chi connectivity index (χ3n) is 4.43. The van der Waals surface area contributed by atoms with Crippen LogP contribution in [0.3, 0.4) is 0 Å². The van der Waals surface area contributed by atoms with E-state index in [0.717, 1.165) is 36.0 Å². The van der Waals surface area contributed by atoms with Crippen molar-refractivity contribution in [2.75, 3.05) is 13.2 Å². The van der Waals surface area contributed by atoms with Crippen LogP contribution in [0.15, 0.2) is 18.2 Å². The Kier molecular flexibility index (Phi) is 4.59. The maximum Gasteiger partial charge on any atom is 0.251 e. The van der Waals surface area contributed by atoms with Gasteiger partial charge in [-0.3, -0.25) is 4.79 Å². The van der Waals surface area contributed by atoms with Crippen LogP contribution in [0, 0.1) is 25.7 Å². The Morgan fingerprint density at radius 3 is 2.79 bits per heavy atom. The SMILES string of the molecule is Cc1cccc(C(=O)NCC2CCCC2CO)c1C. The van der Waals surface area contributed by atoms with Gasteiger partial charge in [0.25, 0.3) is 5.91 Å². The van der Waals surface area contributed by atoms with Gasteiger partial charge in [-0.1, -0.05) is 18.6 Å². The molecule has 104 valence electrons. The summed E-state index contributed by atoms with van der Waals surface area (Å²) in [5.74, 6) is 0.794. The molecule has 0 heterocycles. The van der Waals surface area contributed by atoms with E-state index >= 15 is 0 Å². The summed E-state index contributed by atoms with van der Waals surface area (Å²) >= 11 is 0. The standard InChI is InChI=1S/C16H23NO2/c1-11-5-3-8-15(12(11)2)16(19)17-9-13-6-4-7-14(13)10-18/h3,5,8,13-14,18H,4,6-7,9-10H2,1-2H3,(H,17,19). The van der Waals surface area contributed by atoms with Crippen molar-refractivity contribution in [3.63, 3.8) is 0 Å². The molecule has 1 fully saturated rings. The van der Waals surface area contributed by atoms with E-state index < -0.39 is 0 Å². The summed E-state index contributed by atoms with van der Waals surface area (Å²) in [7, 11) is 0. The van der Waals surface area contributed by atoms with Crippen LogP contribution in [-0.2, 0) is 0 Å². The molecule has 1 aliphatic rings. The number of carbonyl (C=O) groups is 1. The Bertz CT molecular complexity index is 456. The number of benzene rings is 1. The van der Waals surface area contributed by atoms with Crippen LogP contribution >= 0.6 is 0 Å². The number of rotatable bonds is 4. The van der Waals surface area contributed by atoms with Crippen LogP contribution in [0.25, 0.3) is 0 Å². The van der Waals surface area contributed by atoms with Crippen molar-refractivity contribution < 1.29 is 9.90 Å². The number of aliphatic hydroxyl groups is 1. The van der Waals surface area contributed by atoms with E-state index in [9.17, 15) is 9.90 Å². The Morgan fingerprint density at radius 1 is 1.32 bits per heavy atom. The molecule has 0 aliphatic heterocycles. The van der Waals surface area contributed by atoms with E-state index in [2.05, 4.69) is 5.32 Å². The fraction of sp³-hybridized carbons (Fsp3) is 0.562. The van der Waals surface area contributed by atoms with Gasteiger partial charge in [0.15, 0.2) is 0 Å². The monoisotopic (exact) mass is 261 g/mol. The van der Waals surface area contributed by atoms with Gasteiger partial charge in [0.1, 0.15) is 0 Å². The van der Waals surface area contributed by atoms with Crippen LogP contribution in [0.4, 0.5) is 0 Å². The summed E-state index contributed by atoms with van der Waals surface area (Å²) in [6.07, 6.45) is 3.36. The van der Waals surface area contributed by atoms with Crippen LogP contribution in [0.2, 0.25) is 0 Å². The van der Waals surface area contributed by atoms with E-state index in [1.165, 1.54) is 0 Å². The molecule has 0 aromatic heterocycles. The molecule has 1 aromatic carbocycles. The van der Waals surface area contributed by atoms with Crippen LogP contribution in [-0.4, -0.2) is 24.2 Å². The van der Waals surface area contributed by atoms with Gasteiger partial charge in [-0.15, -0.1) is 0 Å². The second-order valence-electron chi connectivity index (χ2n) is 5.59. The molecular formula is C16H23NO2. The largest absolute Gasteiger partial charge is 0.396 e. The average Bonchev–Trinajstić information content (AvgIpc) is 2.86. The number of aliphatic hydroxyl groups excluding tert-OH is 1. The first-order chi connectivity index (χ1) is 9.13. The van der Waals surface area contributed by atoms with Gasteiger partial charge < -0.3 is 10.4 Å². The lowest BCUT2D eigenvalue weighted by molar-refractivity contribution is 0.0937. The third kappa shape index (κ3) is 3.16. The minimum Gasteiger partial charge on any atom is -0.396 e. The van der Waals surface area contributed by atoms with E-state index in [0.29, 0.717) is 18.4 Å². The molecule has 3 nitrogen and oxygen atoms in total. The second-order valence-corrected chi connectivity index (χ2v) is 5.59. The zero-order chi connectivity index (χ0) is 13.8. The molecule has 0 radical (unpaired) electrons. The van der Waals surface area contributed by atoms with E-state index in [1.807, 2.05) is 32.0 Å². The normalized spacial score (nSPS) is 22.5. The molecule has 2 rings (SSSR count). The summed E-state index contributed by atoms with van der Waals surface area (Å²) in [5, 5.41) is 12.3. The third-order valence-corrected chi connectivity index (χ3v) is 4.43. The topological polar surface area (TPSA) is 49.3 Å². The van der Waals surface area contributed by atoms with Crippen molar-refractivity contribution in [3.05, 3.63) is 34.9 Å². The number of aryl methyl sites for hydroxylation is 1. The van der Waals surface area contributed by atoms with Gasteiger partial charge in [0.2, 0.25) is 0 Å². The fourth-order valence-electron chi connectivity index (χ4n) is 2.94. The molecule has 3 heteroatoms. The molecule has 1 aliphatic carbocycles. The minimum atomic E-state index is 0.00443. The van der Waals surface area contributed by atoms with Gasteiger partial charge in [-0.2, -0.15) is 0 Å². The maximum atomic E-state index is 12.2. The van der Waals surface area contributed by atoms with Gasteiger partial charge in [-0.05, 0) is 55.7 Å². The summed E-state index contributed by atoms with van der Waals surface area (Å²) in [5.41, 5.74) is 2.95. The maximum absolute atomic E-state index is 12.2. The van der Waals surface area contributed by atoms with Gasteiger partial charge in [0, 0.05) is 18.7 Å². The molecule has 0 saturated heterocycles. The predicted octanol–water partition coefficient (Wildman–Crippen LogP) is 2.44. The number of hydrogen-bond acceptors (Lipinski definition) is 2. The van der Waals surface area contributed by atoms with Crippen molar-refractivity contribution in [1.82, 2.24) is 5.32 Å². The molecule has 2 N–H and O–H groups in total. The summed E-state index contributed by atoms with van der Waals surface area (Å²) < 4.78 is 0. The Labute approximate surface area is 115 Å². The first kappa shape index (κ1) is 14.1. The predicted molar refractivity (Wildman–Crippen MR) is 76.2 cm³/mol. The number of carbonyl (C=O) groups excluding carboxylic acids is 1. The van der Waals surface area contributed by atoms with Crippen molar-refractivity contribution in [1.29, 1.82) is 0 Å². The fourth-order valence-corrected chi connectivity index (χ4v) is 2.94. The van der Waals surface area contributed by atoms with Crippen molar-refractivity contribution in [2.45, 2.75) is 33.1 Å². The van der Waals surface area contributed by atoms with Crippen LogP contribution in [0.5, 0.6) is 0 Å². The highest BCUT2D eigenvalue weighted by molar-refractivity contribution is 5.95. The van der Waals surface area contributed by atoms with E-state index in [1.54, 1.807) is 0 Å². The molecule has 2 unspecified atom stereocenters. The summed E-state index contributed by atoms with van der Waals surface area (Å²) in [6, 6.07) is 5.81. The Morgan fingerprint density at radius 2 is 2.05 bits per heavy atom. The lowest BCUT2D eigenvalue weighted by atomic mass is 9.96. The highest BCUT2D eigenvalue weighted by Crippen LogP contribution is 2.30.